The number of phenolic OH excluding ortho intramolecular Hbond substituents is 1. The number of benzene rings is 1. The van der Waals surface area contributed by atoms with Crippen molar-refractivity contribution in [2.45, 2.75) is 48.8 Å². The lowest BCUT2D eigenvalue weighted by molar-refractivity contribution is -0.187. The second kappa shape index (κ2) is 4.41. The predicted molar refractivity (Wildman–Crippen MR) is 87.3 cm³/mol. The van der Waals surface area contributed by atoms with Gasteiger partial charge in [-0.15, -0.1) is 6.58 Å². The Morgan fingerprint density at radius 3 is 3.04 bits per heavy atom. The van der Waals surface area contributed by atoms with Crippen molar-refractivity contribution in [2.75, 3.05) is 13.1 Å². The highest BCUT2D eigenvalue weighted by molar-refractivity contribution is 5.90. The zero-order valence-corrected chi connectivity index (χ0v) is 13.5. The Balaban J connectivity index is 1.80. The fourth-order valence-corrected chi connectivity index (χ4v) is 5.80. The molecule has 0 amide bonds. The average molecular weight is 327 g/mol. The topological polar surface area (TPSA) is 70.0 Å². The summed E-state index contributed by atoms with van der Waals surface area (Å²) in [4.78, 5) is 14.9. The van der Waals surface area contributed by atoms with Crippen LogP contribution < -0.4 is 4.74 Å². The van der Waals surface area contributed by atoms with Crippen LogP contribution in [0.5, 0.6) is 11.5 Å². The summed E-state index contributed by atoms with van der Waals surface area (Å²) in [5.74, 6) is 0.528. The minimum Gasteiger partial charge on any atom is -0.504 e. The largest absolute Gasteiger partial charge is 0.504 e. The Morgan fingerprint density at radius 2 is 2.25 bits per heavy atom. The highest BCUT2D eigenvalue weighted by Crippen LogP contribution is 2.64. The van der Waals surface area contributed by atoms with Gasteiger partial charge in [0.2, 0.25) is 0 Å². The zero-order valence-electron chi connectivity index (χ0n) is 13.5. The Labute approximate surface area is 140 Å². The van der Waals surface area contributed by atoms with E-state index in [0.29, 0.717) is 31.4 Å². The molecule has 0 radical (unpaired) electrons. The molecule has 1 aromatic rings. The average Bonchev–Trinajstić information content (AvgIpc) is 2.91. The van der Waals surface area contributed by atoms with Gasteiger partial charge in [0.05, 0.1) is 11.0 Å². The van der Waals surface area contributed by atoms with Crippen LogP contribution >= 0.6 is 0 Å². The number of aliphatic hydroxyl groups is 1. The molecule has 4 aliphatic rings. The fourth-order valence-electron chi connectivity index (χ4n) is 5.80. The van der Waals surface area contributed by atoms with Gasteiger partial charge in [-0.3, -0.25) is 9.69 Å². The first-order valence-corrected chi connectivity index (χ1v) is 8.65. The van der Waals surface area contributed by atoms with Crippen LogP contribution in [0.2, 0.25) is 0 Å². The molecule has 24 heavy (non-hydrogen) atoms. The number of aromatic hydroxyl groups is 1. The number of ketones is 1. The Morgan fingerprint density at radius 1 is 1.42 bits per heavy atom. The molecule has 1 spiro atoms. The van der Waals surface area contributed by atoms with E-state index in [9.17, 15) is 15.0 Å². The normalized spacial score (nSPS) is 39.3. The van der Waals surface area contributed by atoms with Crippen molar-refractivity contribution in [1.29, 1.82) is 0 Å². The van der Waals surface area contributed by atoms with E-state index in [1.54, 1.807) is 6.07 Å². The molecule has 2 aliphatic carbocycles. The maximum absolute atomic E-state index is 12.6. The lowest BCUT2D eigenvalue weighted by Gasteiger charge is -2.62. The summed E-state index contributed by atoms with van der Waals surface area (Å²) in [7, 11) is 0. The van der Waals surface area contributed by atoms with E-state index in [4.69, 9.17) is 4.74 Å². The van der Waals surface area contributed by atoms with Gasteiger partial charge in [-0.05, 0) is 30.9 Å². The van der Waals surface area contributed by atoms with Crippen LogP contribution in [0.25, 0.3) is 0 Å². The first-order chi connectivity index (χ1) is 11.5. The maximum atomic E-state index is 12.6. The number of carbonyl (C=O) groups is 1. The molecule has 5 rings (SSSR count). The van der Waals surface area contributed by atoms with Crippen LogP contribution in [0.1, 0.15) is 30.4 Å². The number of hydrogen-bond acceptors (Lipinski definition) is 5. The van der Waals surface area contributed by atoms with Gasteiger partial charge in [-0.25, -0.2) is 0 Å². The molecular weight excluding hydrogens is 306 g/mol. The number of rotatable bonds is 2. The highest BCUT2D eigenvalue weighted by Gasteiger charge is 2.72. The number of piperidine rings is 1. The first kappa shape index (κ1) is 14.5. The quantitative estimate of drug-likeness (QED) is 0.802. The monoisotopic (exact) mass is 327 g/mol. The minimum absolute atomic E-state index is 0.0408. The molecule has 2 unspecified atom stereocenters. The van der Waals surface area contributed by atoms with Gasteiger partial charge in [0.1, 0.15) is 0 Å². The lowest BCUT2D eigenvalue weighted by Crippen LogP contribution is -2.76. The Hall–Kier alpha value is -1.85. The number of ether oxygens (including phenoxy) is 1. The summed E-state index contributed by atoms with van der Waals surface area (Å²) in [6.45, 7) is 5.36. The minimum atomic E-state index is -1.00. The molecule has 2 aliphatic heterocycles. The van der Waals surface area contributed by atoms with Gasteiger partial charge in [0.15, 0.2) is 23.4 Å². The lowest BCUT2D eigenvalue weighted by atomic mass is 9.49. The predicted octanol–water partition coefficient (Wildman–Crippen LogP) is 1.30. The van der Waals surface area contributed by atoms with E-state index in [-0.39, 0.29) is 17.6 Å². The van der Waals surface area contributed by atoms with Crippen molar-refractivity contribution in [3.63, 3.8) is 0 Å². The summed E-state index contributed by atoms with van der Waals surface area (Å²) in [5, 5.41) is 22.1. The molecular formula is C19H21NO4. The van der Waals surface area contributed by atoms with Gasteiger partial charge in [0.25, 0.3) is 0 Å². The fraction of sp³-hybridized carbons (Fsp3) is 0.526. The van der Waals surface area contributed by atoms with Crippen molar-refractivity contribution in [1.82, 2.24) is 4.90 Å². The van der Waals surface area contributed by atoms with Gasteiger partial charge < -0.3 is 14.9 Å². The van der Waals surface area contributed by atoms with E-state index >= 15 is 0 Å². The van der Waals surface area contributed by atoms with Crippen molar-refractivity contribution >= 4 is 5.78 Å². The second-order valence-electron chi connectivity index (χ2n) is 7.56. The summed E-state index contributed by atoms with van der Waals surface area (Å²) in [6.07, 6.45) is 3.35. The highest BCUT2D eigenvalue weighted by atomic mass is 16.5. The molecule has 5 nitrogen and oxygen atoms in total. The summed E-state index contributed by atoms with van der Waals surface area (Å²) < 4.78 is 5.98. The van der Waals surface area contributed by atoms with E-state index in [2.05, 4.69) is 11.5 Å². The van der Waals surface area contributed by atoms with E-state index in [1.807, 2.05) is 12.1 Å². The van der Waals surface area contributed by atoms with E-state index < -0.39 is 17.1 Å². The molecule has 4 atom stereocenters. The van der Waals surface area contributed by atoms with Crippen molar-refractivity contribution in [3.05, 3.63) is 35.9 Å². The second-order valence-corrected chi connectivity index (χ2v) is 7.56. The van der Waals surface area contributed by atoms with Crippen LogP contribution in [-0.2, 0) is 16.6 Å². The molecule has 2 fully saturated rings. The number of likely N-dealkylation sites (tertiary alicyclic amines) is 1. The van der Waals surface area contributed by atoms with Crippen molar-refractivity contribution in [2.24, 2.45) is 0 Å². The molecule has 2 heterocycles. The van der Waals surface area contributed by atoms with Gasteiger partial charge >= 0.3 is 0 Å². The maximum Gasteiger partial charge on any atom is 0.174 e. The Bertz CT molecular complexity index is 775. The SMILES string of the molecule is C=CCN1CCC23c4c5ccc(O)c4OC2C(=O)CC[C@]3(O)[C@@H]1C5. The first-order valence-electron chi connectivity index (χ1n) is 8.65. The molecule has 1 aromatic carbocycles. The summed E-state index contributed by atoms with van der Waals surface area (Å²) in [6, 6.07) is 3.52. The smallest absolute Gasteiger partial charge is 0.174 e. The number of hydrogen-bond donors (Lipinski definition) is 2. The molecule has 126 valence electrons. The summed E-state index contributed by atoms with van der Waals surface area (Å²) >= 11 is 0. The third-order valence-corrected chi connectivity index (χ3v) is 6.73. The molecule has 2 bridgehead atoms. The van der Waals surface area contributed by atoms with Crippen molar-refractivity contribution in [3.8, 4) is 11.5 Å². The molecule has 2 N–H and O–H groups in total. The zero-order chi connectivity index (χ0) is 16.7. The number of carbonyl (C=O) groups excluding carboxylic acids is 1. The van der Waals surface area contributed by atoms with Crippen LogP contribution in [0.4, 0.5) is 0 Å². The van der Waals surface area contributed by atoms with Crippen molar-refractivity contribution < 1.29 is 19.7 Å². The van der Waals surface area contributed by atoms with Crippen LogP contribution in [0, 0.1) is 0 Å². The molecule has 1 saturated carbocycles. The third kappa shape index (κ3) is 1.38. The third-order valence-electron chi connectivity index (χ3n) is 6.73. The van der Waals surface area contributed by atoms with E-state index in [1.165, 1.54) is 0 Å². The van der Waals surface area contributed by atoms with Gasteiger partial charge in [0, 0.05) is 31.1 Å². The van der Waals surface area contributed by atoms with Gasteiger partial charge in [-0.1, -0.05) is 12.1 Å². The van der Waals surface area contributed by atoms with Gasteiger partial charge in [-0.2, -0.15) is 0 Å². The van der Waals surface area contributed by atoms with E-state index in [0.717, 1.165) is 24.2 Å². The molecule has 5 heteroatoms. The standard InChI is InChI=1S/C19H21NO4/c1-2-8-20-9-7-18-15-11-3-4-12(21)16(15)24-17(18)13(22)5-6-19(18,23)14(20)10-11/h2-4,14,17,21,23H,1,5-10H2/t14-,17?,18?,19-/m0/s1. The molecule has 0 aromatic heterocycles. The Kier molecular flexibility index (Phi) is 2.66. The number of nitrogens with zero attached hydrogens (tertiary/aromatic N) is 1. The number of Topliss-reactive ketones (excluding diaryl/α,β-unsaturated/α-hetero) is 1. The molecule has 1 saturated heterocycles. The van der Waals surface area contributed by atoms with Crippen LogP contribution in [0.3, 0.4) is 0 Å². The van der Waals surface area contributed by atoms with Crippen LogP contribution in [0.15, 0.2) is 24.8 Å². The number of phenols is 1. The van der Waals surface area contributed by atoms with Crippen LogP contribution in [-0.4, -0.2) is 51.7 Å². The summed E-state index contributed by atoms with van der Waals surface area (Å²) in [5.41, 5.74) is 0.256.